The van der Waals surface area contributed by atoms with Gasteiger partial charge in [0, 0.05) is 18.7 Å². The largest absolute Gasteiger partial charge is 0.497 e. The first-order chi connectivity index (χ1) is 12.7. The minimum absolute atomic E-state index is 0.302. The van der Waals surface area contributed by atoms with Gasteiger partial charge in [-0.1, -0.05) is 17.3 Å². The first kappa shape index (κ1) is 16.3. The van der Waals surface area contributed by atoms with Gasteiger partial charge in [0.2, 0.25) is 0 Å². The van der Waals surface area contributed by atoms with Gasteiger partial charge in [-0.15, -0.1) is 0 Å². The number of ether oxygens (including phenoxy) is 1. The number of methoxy groups -OCH3 is 1. The molecule has 134 valence electrons. The van der Waals surface area contributed by atoms with Gasteiger partial charge in [-0.3, -0.25) is 4.79 Å². The van der Waals surface area contributed by atoms with Gasteiger partial charge in [0.05, 0.1) is 13.0 Å². The molecule has 0 aliphatic carbocycles. The van der Waals surface area contributed by atoms with Crippen LogP contribution >= 0.6 is 0 Å². The third kappa shape index (κ3) is 2.83. The van der Waals surface area contributed by atoms with Crippen molar-refractivity contribution in [3.63, 3.8) is 0 Å². The summed E-state index contributed by atoms with van der Waals surface area (Å²) in [5, 5.41) is 14.1. The molecule has 2 aromatic heterocycles. The molecular weight excluding hydrogens is 336 g/mol. The highest BCUT2D eigenvalue weighted by Crippen LogP contribution is 2.35. The van der Waals surface area contributed by atoms with Crippen LogP contribution in [0.3, 0.4) is 0 Å². The SMILES string of the molecule is COc1cccc(-c2noc3ncnc(N4CCC(C(=O)O)CC4)c23)c1. The van der Waals surface area contributed by atoms with E-state index in [0.29, 0.717) is 37.3 Å². The number of hydrogen-bond donors (Lipinski definition) is 1. The zero-order valence-corrected chi connectivity index (χ0v) is 14.3. The number of carboxylic acids is 1. The zero-order chi connectivity index (χ0) is 18.1. The molecule has 0 atom stereocenters. The Labute approximate surface area is 149 Å². The third-order valence-corrected chi connectivity index (χ3v) is 4.74. The fraction of sp³-hybridized carbons (Fsp3) is 0.333. The number of fused-ring (bicyclic) bond motifs is 1. The van der Waals surface area contributed by atoms with Crippen molar-refractivity contribution in [1.82, 2.24) is 15.1 Å². The van der Waals surface area contributed by atoms with Crippen LogP contribution in [0.1, 0.15) is 12.8 Å². The van der Waals surface area contributed by atoms with Crippen molar-refractivity contribution in [1.29, 1.82) is 0 Å². The van der Waals surface area contributed by atoms with E-state index in [1.165, 1.54) is 6.33 Å². The first-order valence-corrected chi connectivity index (χ1v) is 8.40. The van der Waals surface area contributed by atoms with E-state index in [2.05, 4.69) is 20.0 Å². The molecule has 1 aromatic carbocycles. The molecule has 3 aromatic rings. The Balaban J connectivity index is 1.74. The second-order valence-corrected chi connectivity index (χ2v) is 6.24. The lowest BCUT2D eigenvalue weighted by Gasteiger charge is -2.31. The van der Waals surface area contributed by atoms with Crippen molar-refractivity contribution in [2.24, 2.45) is 5.92 Å². The molecule has 1 N–H and O–H groups in total. The van der Waals surface area contributed by atoms with Crippen molar-refractivity contribution in [2.45, 2.75) is 12.8 Å². The van der Waals surface area contributed by atoms with Crippen LogP contribution in [0.4, 0.5) is 5.82 Å². The summed E-state index contributed by atoms with van der Waals surface area (Å²) in [5.74, 6) is 0.403. The Morgan fingerprint density at radius 1 is 1.31 bits per heavy atom. The summed E-state index contributed by atoms with van der Waals surface area (Å²) in [6.45, 7) is 1.23. The average Bonchev–Trinajstić information content (AvgIpc) is 3.12. The standard InChI is InChI=1S/C18H18N4O4/c1-25-13-4-2-3-12(9-13)15-14-16(19-10-20-17(14)26-21-15)22-7-5-11(6-8-22)18(23)24/h2-4,9-11H,5-8H2,1H3,(H,23,24). The molecule has 1 aliphatic rings. The molecule has 0 spiro atoms. The van der Waals surface area contributed by atoms with Crippen LogP contribution < -0.4 is 9.64 Å². The summed E-state index contributed by atoms with van der Waals surface area (Å²) >= 11 is 0. The van der Waals surface area contributed by atoms with Crippen LogP contribution in [0.15, 0.2) is 35.1 Å². The number of piperidine rings is 1. The number of anilines is 1. The molecule has 0 bridgehead atoms. The number of benzene rings is 1. The predicted molar refractivity (Wildman–Crippen MR) is 94.2 cm³/mol. The van der Waals surface area contributed by atoms with Gasteiger partial charge in [-0.2, -0.15) is 4.98 Å². The summed E-state index contributed by atoms with van der Waals surface area (Å²) in [7, 11) is 1.61. The molecule has 1 fully saturated rings. The van der Waals surface area contributed by atoms with E-state index < -0.39 is 5.97 Å². The molecular formula is C18H18N4O4. The Hall–Kier alpha value is -3.16. The van der Waals surface area contributed by atoms with Crippen molar-refractivity contribution in [2.75, 3.05) is 25.1 Å². The van der Waals surface area contributed by atoms with E-state index in [4.69, 9.17) is 9.26 Å². The molecule has 4 rings (SSSR count). The summed E-state index contributed by atoms with van der Waals surface area (Å²) in [6.07, 6.45) is 2.61. The summed E-state index contributed by atoms with van der Waals surface area (Å²) < 4.78 is 10.7. The van der Waals surface area contributed by atoms with Crippen LogP contribution in [0.25, 0.3) is 22.4 Å². The Morgan fingerprint density at radius 3 is 2.85 bits per heavy atom. The van der Waals surface area contributed by atoms with E-state index in [1.807, 2.05) is 24.3 Å². The van der Waals surface area contributed by atoms with Crippen LogP contribution in [0, 0.1) is 5.92 Å². The number of aliphatic carboxylic acids is 1. The summed E-state index contributed by atoms with van der Waals surface area (Å²) in [5.41, 5.74) is 1.91. The molecule has 3 heterocycles. The van der Waals surface area contributed by atoms with Gasteiger partial charge >= 0.3 is 5.97 Å². The number of hydrogen-bond acceptors (Lipinski definition) is 7. The quantitative estimate of drug-likeness (QED) is 0.763. The van der Waals surface area contributed by atoms with Crippen molar-refractivity contribution in [3.05, 3.63) is 30.6 Å². The lowest BCUT2D eigenvalue weighted by Crippen LogP contribution is -2.36. The van der Waals surface area contributed by atoms with Gasteiger partial charge in [0.1, 0.15) is 29.0 Å². The summed E-state index contributed by atoms with van der Waals surface area (Å²) in [4.78, 5) is 21.9. The Kier molecular flexibility index (Phi) is 4.16. The maximum absolute atomic E-state index is 11.2. The third-order valence-electron chi connectivity index (χ3n) is 4.74. The maximum atomic E-state index is 11.2. The molecule has 0 radical (unpaired) electrons. The average molecular weight is 354 g/mol. The molecule has 26 heavy (non-hydrogen) atoms. The monoisotopic (exact) mass is 354 g/mol. The highest BCUT2D eigenvalue weighted by atomic mass is 16.5. The minimum Gasteiger partial charge on any atom is -0.497 e. The Morgan fingerprint density at radius 2 is 2.12 bits per heavy atom. The molecule has 1 saturated heterocycles. The topological polar surface area (TPSA) is 102 Å². The minimum atomic E-state index is -0.737. The smallest absolute Gasteiger partial charge is 0.306 e. The number of nitrogens with zero attached hydrogens (tertiary/aromatic N) is 4. The number of carbonyl (C=O) groups is 1. The summed E-state index contributed by atoms with van der Waals surface area (Å²) in [6, 6.07) is 7.55. The normalized spacial score (nSPS) is 15.3. The number of aromatic nitrogens is 3. The Bertz CT molecular complexity index is 947. The second-order valence-electron chi connectivity index (χ2n) is 6.24. The van der Waals surface area contributed by atoms with Crippen molar-refractivity contribution >= 4 is 22.9 Å². The van der Waals surface area contributed by atoms with E-state index in [0.717, 1.165) is 22.5 Å². The van der Waals surface area contributed by atoms with Crippen molar-refractivity contribution < 1.29 is 19.2 Å². The molecule has 1 aliphatic heterocycles. The lowest BCUT2D eigenvalue weighted by atomic mass is 9.97. The van der Waals surface area contributed by atoms with Gasteiger partial charge < -0.3 is 19.3 Å². The maximum Gasteiger partial charge on any atom is 0.306 e. The van der Waals surface area contributed by atoms with Crippen LogP contribution in [-0.2, 0) is 4.79 Å². The molecule has 8 heteroatoms. The number of carboxylic acid groups (broad SMARTS) is 1. The van der Waals surface area contributed by atoms with E-state index >= 15 is 0 Å². The fourth-order valence-electron chi connectivity index (χ4n) is 3.32. The highest BCUT2D eigenvalue weighted by Gasteiger charge is 2.28. The van der Waals surface area contributed by atoms with Gasteiger partial charge in [0.15, 0.2) is 0 Å². The fourth-order valence-corrected chi connectivity index (χ4v) is 3.32. The highest BCUT2D eigenvalue weighted by molar-refractivity contribution is 5.98. The molecule has 8 nitrogen and oxygen atoms in total. The van der Waals surface area contributed by atoms with Crippen LogP contribution in [0.5, 0.6) is 5.75 Å². The van der Waals surface area contributed by atoms with E-state index in [-0.39, 0.29) is 5.92 Å². The van der Waals surface area contributed by atoms with Gasteiger partial charge in [0.25, 0.3) is 5.71 Å². The van der Waals surface area contributed by atoms with Gasteiger partial charge in [-0.25, -0.2) is 4.98 Å². The van der Waals surface area contributed by atoms with Gasteiger partial charge in [-0.05, 0) is 25.0 Å². The van der Waals surface area contributed by atoms with E-state index in [9.17, 15) is 9.90 Å². The molecule has 0 saturated carbocycles. The van der Waals surface area contributed by atoms with Crippen LogP contribution in [0.2, 0.25) is 0 Å². The second kappa shape index (κ2) is 6.62. The lowest BCUT2D eigenvalue weighted by molar-refractivity contribution is -0.142. The van der Waals surface area contributed by atoms with Crippen molar-refractivity contribution in [3.8, 4) is 17.0 Å². The zero-order valence-electron chi connectivity index (χ0n) is 14.3. The van der Waals surface area contributed by atoms with Crippen LogP contribution in [-0.4, -0.2) is 46.4 Å². The number of rotatable bonds is 4. The predicted octanol–water partition coefficient (Wildman–Crippen LogP) is 2.59. The molecule has 0 amide bonds. The molecule has 0 unspecified atom stereocenters. The first-order valence-electron chi connectivity index (χ1n) is 8.40. The van der Waals surface area contributed by atoms with E-state index in [1.54, 1.807) is 7.11 Å².